The van der Waals surface area contributed by atoms with Crippen LogP contribution in [0.4, 0.5) is 0 Å². The molecule has 0 rings (SSSR count). The van der Waals surface area contributed by atoms with Gasteiger partial charge in [-0.1, -0.05) is 20.8 Å². The highest BCUT2D eigenvalue weighted by Gasteiger charge is 2.25. The molecular formula is C9H16O4. The molecule has 0 aromatic heterocycles. The quantitative estimate of drug-likeness (QED) is 0.622. The molecule has 0 fully saturated rings. The fraction of sp³-hybridized carbons (Fsp3) is 0.778. The standard InChI is InChI=1S/C9H16O4/c1-5(2)9(13)6(3)7(10)4-8(11)12/h5-6,9,13H,4H2,1-3H3,(H,11,12)/t6-,9-/m0/s1. The fourth-order valence-electron chi connectivity index (χ4n) is 1.08. The van der Waals surface area contributed by atoms with Gasteiger partial charge < -0.3 is 10.2 Å². The number of hydrogen-bond donors (Lipinski definition) is 2. The Balaban J connectivity index is 4.17. The van der Waals surface area contributed by atoms with Gasteiger partial charge in [-0.15, -0.1) is 0 Å². The lowest BCUT2D eigenvalue weighted by molar-refractivity contribution is -0.142. The van der Waals surface area contributed by atoms with Crippen molar-refractivity contribution in [3.8, 4) is 0 Å². The average molecular weight is 188 g/mol. The predicted molar refractivity (Wildman–Crippen MR) is 47.3 cm³/mol. The van der Waals surface area contributed by atoms with Crippen molar-refractivity contribution < 1.29 is 19.8 Å². The zero-order valence-electron chi connectivity index (χ0n) is 8.15. The van der Waals surface area contributed by atoms with E-state index in [1.807, 2.05) is 0 Å². The van der Waals surface area contributed by atoms with E-state index in [9.17, 15) is 14.7 Å². The van der Waals surface area contributed by atoms with Gasteiger partial charge in [0.1, 0.15) is 12.2 Å². The van der Waals surface area contributed by atoms with Crippen LogP contribution in [0.2, 0.25) is 0 Å². The topological polar surface area (TPSA) is 74.6 Å². The zero-order chi connectivity index (χ0) is 10.6. The maximum absolute atomic E-state index is 11.2. The van der Waals surface area contributed by atoms with Crippen LogP contribution in [0.1, 0.15) is 27.2 Å². The van der Waals surface area contributed by atoms with Gasteiger partial charge in [0.05, 0.1) is 6.10 Å². The van der Waals surface area contributed by atoms with Crippen LogP contribution in [-0.4, -0.2) is 28.1 Å². The summed E-state index contributed by atoms with van der Waals surface area (Å²) < 4.78 is 0. The Labute approximate surface area is 77.6 Å². The number of aliphatic hydroxyl groups is 1. The monoisotopic (exact) mass is 188 g/mol. The van der Waals surface area contributed by atoms with E-state index in [0.29, 0.717) is 0 Å². The molecule has 0 aliphatic heterocycles. The number of hydrogen-bond acceptors (Lipinski definition) is 3. The second-order valence-electron chi connectivity index (χ2n) is 3.56. The molecule has 0 aromatic rings. The molecule has 0 aromatic carbocycles. The number of aliphatic hydroxyl groups excluding tert-OH is 1. The lowest BCUT2D eigenvalue weighted by atomic mass is 9.90. The van der Waals surface area contributed by atoms with Gasteiger partial charge in [0.2, 0.25) is 0 Å². The van der Waals surface area contributed by atoms with Gasteiger partial charge in [0, 0.05) is 5.92 Å². The van der Waals surface area contributed by atoms with Crippen molar-refractivity contribution in [1.29, 1.82) is 0 Å². The first-order chi connectivity index (χ1) is 5.86. The van der Waals surface area contributed by atoms with Crippen LogP contribution in [0.25, 0.3) is 0 Å². The molecule has 4 nitrogen and oxygen atoms in total. The van der Waals surface area contributed by atoms with Gasteiger partial charge in [0.15, 0.2) is 0 Å². The van der Waals surface area contributed by atoms with Crippen LogP contribution in [0.5, 0.6) is 0 Å². The summed E-state index contributed by atoms with van der Waals surface area (Å²) in [5.74, 6) is -2.20. The van der Waals surface area contributed by atoms with E-state index in [1.165, 1.54) is 0 Å². The Morgan fingerprint density at radius 2 is 1.69 bits per heavy atom. The molecule has 0 saturated heterocycles. The third-order valence-electron chi connectivity index (χ3n) is 2.03. The summed E-state index contributed by atoms with van der Waals surface area (Å²) in [6.07, 6.45) is -1.27. The molecule has 0 spiro atoms. The van der Waals surface area contributed by atoms with E-state index in [1.54, 1.807) is 20.8 Å². The van der Waals surface area contributed by atoms with Gasteiger partial charge in [-0.2, -0.15) is 0 Å². The van der Waals surface area contributed by atoms with Crippen LogP contribution < -0.4 is 0 Å². The third kappa shape index (κ3) is 4.03. The van der Waals surface area contributed by atoms with E-state index in [2.05, 4.69) is 0 Å². The molecule has 0 unspecified atom stereocenters. The summed E-state index contributed by atoms with van der Waals surface area (Å²) in [5, 5.41) is 17.8. The van der Waals surface area contributed by atoms with Crippen LogP contribution >= 0.6 is 0 Å². The molecule has 13 heavy (non-hydrogen) atoms. The van der Waals surface area contributed by atoms with E-state index in [-0.39, 0.29) is 5.92 Å². The number of ketones is 1. The number of Topliss-reactive ketones (excluding diaryl/α,β-unsaturated/α-hetero) is 1. The third-order valence-corrected chi connectivity index (χ3v) is 2.03. The second-order valence-corrected chi connectivity index (χ2v) is 3.56. The Kier molecular flexibility index (Phi) is 4.62. The van der Waals surface area contributed by atoms with Crippen molar-refractivity contribution in [2.75, 3.05) is 0 Å². The van der Waals surface area contributed by atoms with Gasteiger partial charge in [-0.25, -0.2) is 0 Å². The smallest absolute Gasteiger partial charge is 0.310 e. The number of carboxylic acid groups (broad SMARTS) is 1. The molecule has 0 radical (unpaired) electrons. The molecule has 0 amide bonds. The summed E-state index contributed by atoms with van der Waals surface area (Å²) in [5.41, 5.74) is 0. The van der Waals surface area contributed by atoms with E-state index in [4.69, 9.17) is 5.11 Å². The van der Waals surface area contributed by atoms with Crippen molar-refractivity contribution in [1.82, 2.24) is 0 Å². The number of aliphatic carboxylic acids is 1. The highest BCUT2D eigenvalue weighted by Crippen LogP contribution is 2.14. The Morgan fingerprint density at radius 3 is 2.00 bits per heavy atom. The Hall–Kier alpha value is -0.900. The highest BCUT2D eigenvalue weighted by molar-refractivity contribution is 5.96. The van der Waals surface area contributed by atoms with Crippen LogP contribution in [-0.2, 0) is 9.59 Å². The first-order valence-electron chi connectivity index (χ1n) is 4.28. The van der Waals surface area contributed by atoms with Crippen LogP contribution in [0.15, 0.2) is 0 Å². The number of carbonyl (C=O) groups excluding carboxylic acids is 1. The first kappa shape index (κ1) is 12.1. The number of carbonyl (C=O) groups is 2. The molecule has 2 atom stereocenters. The normalized spacial score (nSPS) is 15.5. The minimum Gasteiger partial charge on any atom is -0.481 e. The molecule has 0 heterocycles. The Morgan fingerprint density at radius 1 is 1.23 bits per heavy atom. The summed E-state index contributed by atoms with van der Waals surface area (Å²) >= 11 is 0. The summed E-state index contributed by atoms with van der Waals surface area (Å²) in [6, 6.07) is 0. The molecule has 4 heteroatoms. The fourth-order valence-corrected chi connectivity index (χ4v) is 1.08. The van der Waals surface area contributed by atoms with Crippen molar-refractivity contribution in [2.45, 2.75) is 33.3 Å². The molecule has 76 valence electrons. The SMILES string of the molecule is CC(C)[C@H](O)[C@@H](C)C(=O)CC(=O)O. The predicted octanol–water partition coefficient (Wildman–Crippen LogP) is 0.683. The molecule has 0 bridgehead atoms. The van der Waals surface area contributed by atoms with E-state index in [0.717, 1.165) is 0 Å². The summed E-state index contributed by atoms with van der Waals surface area (Å²) in [4.78, 5) is 21.4. The minimum absolute atomic E-state index is 0.0345. The van der Waals surface area contributed by atoms with Gasteiger partial charge in [-0.05, 0) is 5.92 Å². The van der Waals surface area contributed by atoms with Crippen molar-refractivity contribution in [3.05, 3.63) is 0 Å². The van der Waals surface area contributed by atoms with Crippen LogP contribution in [0, 0.1) is 11.8 Å². The van der Waals surface area contributed by atoms with Gasteiger partial charge in [-0.3, -0.25) is 9.59 Å². The first-order valence-corrected chi connectivity index (χ1v) is 4.28. The summed E-state index contributed by atoms with van der Waals surface area (Å²) in [6.45, 7) is 5.13. The van der Waals surface area contributed by atoms with Gasteiger partial charge in [0.25, 0.3) is 0 Å². The molecular weight excluding hydrogens is 172 g/mol. The Bertz CT molecular complexity index is 198. The average Bonchev–Trinajstić information content (AvgIpc) is 2.00. The van der Waals surface area contributed by atoms with Crippen molar-refractivity contribution >= 4 is 11.8 Å². The molecule has 0 aliphatic carbocycles. The number of carboxylic acids is 1. The molecule has 0 aliphatic rings. The van der Waals surface area contributed by atoms with Crippen molar-refractivity contribution in [2.24, 2.45) is 11.8 Å². The lowest BCUT2D eigenvalue weighted by Gasteiger charge is -2.20. The second kappa shape index (κ2) is 4.97. The maximum Gasteiger partial charge on any atom is 0.310 e. The maximum atomic E-state index is 11.2. The number of rotatable bonds is 5. The van der Waals surface area contributed by atoms with E-state index >= 15 is 0 Å². The van der Waals surface area contributed by atoms with Crippen molar-refractivity contribution in [3.63, 3.8) is 0 Å². The van der Waals surface area contributed by atoms with E-state index < -0.39 is 30.2 Å². The summed E-state index contributed by atoms with van der Waals surface area (Å²) in [7, 11) is 0. The highest BCUT2D eigenvalue weighted by atomic mass is 16.4. The van der Waals surface area contributed by atoms with Crippen LogP contribution in [0.3, 0.4) is 0 Å². The largest absolute Gasteiger partial charge is 0.481 e. The lowest BCUT2D eigenvalue weighted by Crippen LogP contribution is -2.31. The van der Waals surface area contributed by atoms with Gasteiger partial charge >= 0.3 is 5.97 Å². The minimum atomic E-state index is -1.15. The molecule has 0 saturated carbocycles. The molecule has 2 N–H and O–H groups in total. The zero-order valence-corrected chi connectivity index (χ0v) is 8.15.